The smallest absolute Gasteiger partial charge is 0.0840 e. The zero-order valence-corrected chi connectivity index (χ0v) is 10.3. The summed E-state index contributed by atoms with van der Waals surface area (Å²) in [6.45, 7) is 1.76. The van der Waals surface area contributed by atoms with E-state index in [0.717, 1.165) is 0 Å². The Kier molecular flexibility index (Phi) is 3.65. The summed E-state index contributed by atoms with van der Waals surface area (Å²) in [5, 5.41) is 0.938. The summed E-state index contributed by atoms with van der Waals surface area (Å²) in [5.41, 5.74) is 1.13. The molecule has 0 saturated heterocycles. The molecule has 0 saturated carbocycles. The summed E-state index contributed by atoms with van der Waals surface area (Å²) in [6.07, 6.45) is 0. The van der Waals surface area contributed by atoms with Crippen molar-refractivity contribution in [3.63, 3.8) is 0 Å². The van der Waals surface area contributed by atoms with Gasteiger partial charge in [-0.2, -0.15) is 0 Å². The van der Waals surface area contributed by atoms with Crippen LogP contribution in [0.1, 0.15) is 11.1 Å². The second kappa shape index (κ2) is 4.04. The molecule has 0 nitrogen and oxygen atoms in total. The van der Waals surface area contributed by atoms with Crippen LogP contribution in [0.15, 0.2) is 12.1 Å². The van der Waals surface area contributed by atoms with Crippen LogP contribution in [-0.4, -0.2) is 0 Å². The average molecular weight is 278 g/mol. The molecule has 5 heteroatoms. The zero-order valence-electron chi connectivity index (χ0n) is 6.54. The first-order chi connectivity index (χ1) is 5.84. The maximum Gasteiger partial charge on any atom is 0.217 e. The lowest BCUT2D eigenvalue weighted by Gasteiger charge is -2.16. The minimum atomic E-state index is -1.54. The van der Waals surface area contributed by atoms with Crippen molar-refractivity contribution in [1.82, 2.24) is 0 Å². The van der Waals surface area contributed by atoms with Gasteiger partial charge in [-0.05, 0) is 24.6 Å². The Labute approximate surface area is 102 Å². The quantitative estimate of drug-likeness (QED) is 0.577. The molecule has 0 aromatic heterocycles. The molecule has 0 fully saturated rings. The highest BCUT2D eigenvalue weighted by atomic mass is 35.6. The van der Waals surface area contributed by atoms with Crippen LogP contribution in [0.25, 0.3) is 0 Å². The van der Waals surface area contributed by atoms with Crippen LogP contribution in [0.4, 0.5) is 0 Å². The Morgan fingerprint density at radius 1 is 1.00 bits per heavy atom. The molecule has 1 rings (SSSR count). The Morgan fingerprint density at radius 2 is 1.46 bits per heavy atom. The Bertz CT molecular complexity index is 326. The van der Waals surface area contributed by atoms with Gasteiger partial charge in [0.2, 0.25) is 3.79 Å². The van der Waals surface area contributed by atoms with E-state index < -0.39 is 3.79 Å². The van der Waals surface area contributed by atoms with Crippen LogP contribution in [0.3, 0.4) is 0 Å². The fraction of sp³-hybridized carbons (Fsp3) is 0.250. The second-order valence-corrected chi connectivity index (χ2v) is 5.62. The SMILES string of the molecule is Cc1c(Cl)ccc(Cl)c1C(Cl)(Cl)Cl. The highest BCUT2D eigenvalue weighted by molar-refractivity contribution is 6.67. The van der Waals surface area contributed by atoms with Gasteiger partial charge in [-0.1, -0.05) is 58.0 Å². The van der Waals surface area contributed by atoms with E-state index >= 15 is 0 Å². The number of hydrogen-bond donors (Lipinski definition) is 0. The van der Waals surface area contributed by atoms with E-state index in [2.05, 4.69) is 0 Å². The van der Waals surface area contributed by atoms with Crippen molar-refractivity contribution in [2.75, 3.05) is 0 Å². The van der Waals surface area contributed by atoms with Gasteiger partial charge in [-0.15, -0.1) is 0 Å². The summed E-state index contributed by atoms with van der Waals surface area (Å²) in [7, 11) is 0. The largest absolute Gasteiger partial charge is 0.217 e. The van der Waals surface area contributed by atoms with Crippen LogP contribution >= 0.6 is 58.0 Å². The molecule has 0 aliphatic heterocycles. The lowest BCUT2D eigenvalue weighted by Crippen LogP contribution is -2.04. The summed E-state index contributed by atoms with van der Waals surface area (Å²) >= 11 is 28.9. The van der Waals surface area contributed by atoms with Gasteiger partial charge in [-0.3, -0.25) is 0 Å². The zero-order chi connectivity index (χ0) is 10.2. The average Bonchev–Trinajstić information content (AvgIpc) is 1.95. The first-order valence-electron chi connectivity index (χ1n) is 3.36. The first-order valence-corrected chi connectivity index (χ1v) is 5.25. The molecule has 13 heavy (non-hydrogen) atoms. The van der Waals surface area contributed by atoms with E-state index in [9.17, 15) is 0 Å². The predicted molar refractivity (Wildman–Crippen MR) is 60.4 cm³/mol. The second-order valence-electron chi connectivity index (χ2n) is 2.53. The van der Waals surface area contributed by atoms with Gasteiger partial charge in [0.25, 0.3) is 0 Å². The predicted octanol–water partition coefficient (Wildman–Crippen LogP) is 5.13. The Hall–Kier alpha value is 0.670. The molecule has 1 aromatic rings. The van der Waals surface area contributed by atoms with E-state index in [1.165, 1.54) is 0 Å². The summed E-state index contributed by atoms with van der Waals surface area (Å²) in [4.78, 5) is 0. The minimum absolute atomic E-state index is 0.405. The van der Waals surface area contributed by atoms with Crippen LogP contribution in [0, 0.1) is 6.92 Å². The van der Waals surface area contributed by atoms with Crippen molar-refractivity contribution in [2.45, 2.75) is 10.7 Å². The number of rotatable bonds is 0. The molecule has 0 heterocycles. The van der Waals surface area contributed by atoms with Crippen molar-refractivity contribution < 1.29 is 0 Å². The third kappa shape index (κ3) is 2.57. The van der Waals surface area contributed by atoms with Gasteiger partial charge in [0.15, 0.2) is 0 Å². The molecule has 0 aliphatic carbocycles. The normalized spacial score (nSPS) is 11.8. The monoisotopic (exact) mass is 276 g/mol. The number of alkyl halides is 3. The van der Waals surface area contributed by atoms with Gasteiger partial charge in [-0.25, -0.2) is 0 Å². The van der Waals surface area contributed by atoms with E-state index in [4.69, 9.17) is 58.0 Å². The molecule has 0 aliphatic rings. The van der Waals surface area contributed by atoms with Crippen LogP contribution in [0.2, 0.25) is 10.0 Å². The van der Waals surface area contributed by atoms with E-state index in [-0.39, 0.29) is 0 Å². The van der Waals surface area contributed by atoms with Crippen molar-refractivity contribution in [3.05, 3.63) is 33.3 Å². The fourth-order valence-electron chi connectivity index (χ4n) is 1.00. The molecule has 0 unspecified atom stereocenters. The molecule has 0 radical (unpaired) electrons. The Balaban J connectivity index is 3.43. The van der Waals surface area contributed by atoms with Gasteiger partial charge >= 0.3 is 0 Å². The van der Waals surface area contributed by atoms with Crippen molar-refractivity contribution in [1.29, 1.82) is 0 Å². The summed E-state index contributed by atoms with van der Waals surface area (Å²) in [5.74, 6) is 0. The van der Waals surface area contributed by atoms with Gasteiger partial charge in [0.05, 0.1) is 0 Å². The van der Waals surface area contributed by atoms with E-state index in [1.807, 2.05) is 0 Å². The highest BCUT2D eigenvalue weighted by Gasteiger charge is 2.28. The Morgan fingerprint density at radius 3 is 1.85 bits per heavy atom. The maximum atomic E-state index is 5.87. The van der Waals surface area contributed by atoms with Crippen molar-refractivity contribution >= 4 is 58.0 Å². The van der Waals surface area contributed by atoms with Gasteiger partial charge < -0.3 is 0 Å². The van der Waals surface area contributed by atoms with Crippen LogP contribution in [0.5, 0.6) is 0 Å². The highest BCUT2D eigenvalue weighted by Crippen LogP contribution is 2.44. The third-order valence-corrected chi connectivity index (χ3v) is 2.92. The molecule has 1 aromatic carbocycles. The molecular weight excluding hydrogens is 273 g/mol. The molecule has 0 atom stereocenters. The van der Waals surface area contributed by atoms with Crippen LogP contribution in [-0.2, 0) is 3.79 Å². The lowest BCUT2D eigenvalue weighted by atomic mass is 10.1. The van der Waals surface area contributed by atoms with E-state index in [1.54, 1.807) is 19.1 Å². The molecule has 0 spiro atoms. The van der Waals surface area contributed by atoms with Crippen LogP contribution < -0.4 is 0 Å². The van der Waals surface area contributed by atoms with Gasteiger partial charge in [0.1, 0.15) is 0 Å². The summed E-state index contributed by atoms with van der Waals surface area (Å²) < 4.78 is -1.54. The number of halogens is 5. The van der Waals surface area contributed by atoms with Crippen molar-refractivity contribution in [3.8, 4) is 0 Å². The molecular formula is C8H5Cl5. The molecule has 0 bridgehead atoms. The van der Waals surface area contributed by atoms with E-state index in [0.29, 0.717) is 21.2 Å². The maximum absolute atomic E-state index is 5.87. The standard InChI is InChI=1S/C8H5Cl5/c1-4-5(9)2-3-6(10)7(4)8(11,12)13/h2-3H,1H3. The first kappa shape index (κ1) is 11.7. The van der Waals surface area contributed by atoms with Gasteiger partial charge in [0, 0.05) is 15.6 Å². The lowest BCUT2D eigenvalue weighted by molar-refractivity contribution is 1.19. The van der Waals surface area contributed by atoms with Crippen molar-refractivity contribution in [2.24, 2.45) is 0 Å². The minimum Gasteiger partial charge on any atom is -0.0840 e. The fourth-order valence-corrected chi connectivity index (χ4v) is 2.38. The molecule has 72 valence electrons. The summed E-state index contributed by atoms with van der Waals surface area (Å²) in [6, 6.07) is 3.27. The topological polar surface area (TPSA) is 0 Å². The number of hydrogen-bond acceptors (Lipinski definition) is 0. The third-order valence-electron chi connectivity index (χ3n) is 1.63. The molecule has 0 N–H and O–H groups in total. The number of benzene rings is 1. The molecule has 0 amide bonds.